The van der Waals surface area contributed by atoms with E-state index in [0.29, 0.717) is 29.0 Å². The number of rotatable bonds is 3. The van der Waals surface area contributed by atoms with Crippen molar-refractivity contribution < 1.29 is 9.59 Å². The molecule has 0 aromatic heterocycles. The molecule has 1 heterocycles. The maximum Gasteiger partial charge on any atom is 0.259 e. The molecule has 6 rings (SSSR count). The first-order valence-electron chi connectivity index (χ1n) is 12.8. The molecule has 0 spiro atoms. The van der Waals surface area contributed by atoms with E-state index in [-0.39, 0.29) is 17.6 Å². The summed E-state index contributed by atoms with van der Waals surface area (Å²) in [5.41, 5.74) is 6.68. The highest BCUT2D eigenvalue weighted by atomic mass is 35.5. The number of carbonyl (C=O) groups is 2. The summed E-state index contributed by atoms with van der Waals surface area (Å²) in [6, 6.07) is 32.2. The summed E-state index contributed by atoms with van der Waals surface area (Å²) in [6.07, 6.45) is 1.05. The molecule has 5 heteroatoms. The standard InChI is InChI=1S/C33H27ClN2O2/c1-21-14-16-22(17-15-21)25-19-28-31(30(37)20-25)32(24-10-7-11-26(34)18-24)36(29-13-6-5-12-27(29)35-28)33(38)23-8-3-2-4-9-23/h2-18,25,32,35H,19-20H2,1H3/t25-,32+/m1/s1. The van der Waals surface area contributed by atoms with Crippen LogP contribution in [0.5, 0.6) is 0 Å². The summed E-state index contributed by atoms with van der Waals surface area (Å²) < 4.78 is 0. The van der Waals surface area contributed by atoms with Crippen molar-refractivity contribution >= 4 is 34.7 Å². The van der Waals surface area contributed by atoms with E-state index in [1.54, 1.807) is 4.90 Å². The molecule has 4 aromatic carbocycles. The zero-order valence-corrected chi connectivity index (χ0v) is 21.8. The van der Waals surface area contributed by atoms with Crippen LogP contribution in [0.15, 0.2) is 114 Å². The molecule has 0 radical (unpaired) electrons. The predicted octanol–water partition coefficient (Wildman–Crippen LogP) is 7.86. The van der Waals surface area contributed by atoms with Gasteiger partial charge in [-0.2, -0.15) is 0 Å². The lowest BCUT2D eigenvalue weighted by Gasteiger charge is -2.35. The van der Waals surface area contributed by atoms with E-state index in [9.17, 15) is 9.59 Å². The maximum atomic E-state index is 14.2. The first-order chi connectivity index (χ1) is 18.5. The van der Waals surface area contributed by atoms with Gasteiger partial charge in [-0.3, -0.25) is 14.5 Å². The van der Waals surface area contributed by atoms with E-state index in [2.05, 4.69) is 36.5 Å². The Labute approximate surface area is 227 Å². The first-order valence-corrected chi connectivity index (χ1v) is 13.2. The molecule has 0 saturated carbocycles. The van der Waals surface area contributed by atoms with Gasteiger partial charge in [-0.1, -0.05) is 83.9 Å². The molecular formula is C33H27ClN2O2. The fraction of sp³-hybridized carbons (Fsp3) is 0.152. The average Bonchev–Trinajstić information content (AvgIpc) is 3.08. The number of Topliss-reactive ketones (excluding diaryl/α,β-unsaturated/α-hetero) is 1. The van der Waals surface area contributed by atoms with Crippen molar-refractivity contribution in [1.82, 2.24) is 0 Å². The third-order valence-electron chi connectivity index (χ3n) is 7.44. The lowest BCUT2D eigenvalue weighted by atomic mass is 9.78. The zero-order valence-electron chi connectivity index (χ0n) is 21.0. The van der Waals surface area contributed by atoms with Crippen molar-refractivity contribution in [3.63, 3.8) is 0 Å². The number of hydrogen-bond donors (Lipinski definition) is 1. The second kappa shape index (κ2) is 9.96. The van der Waals surface area contributed by atoms with Gasteiger partial charge < -0.3 is 5.32 Å². The van der Waals surface area contributed by atoms with E-state index >= 15 is 0 Å². The van der Waals surface area contributed by atoms with Gasteiger partial charge >= 0.3 is 0 Å². The molecule has 4 aromatic rings. The Morgan fingerprint density at radius 1 is 0.842 bits per heavy atom. The number of halogens is 1. The van der Waals surface area contributed by atoms with Gasteiger partial charge in [-0.15, -0.1) is 0 Å². The lowest BCUT2D eigenvalue weighted by Crippen LogP contribution is -2.38. The summed E-state index contributed by atoms with van der Waals surface area (Å²) in [4.78, 5) is 30.1. The number of anilines is 2. The number of carbonyl (C=O) groups excluding carboxylic acids is 2. The summed E-state index contributed by atoms with van der Waals surface area (Å²) in [5.74, 6) is -0.0853. The van der Waals surface area contributed by atoms with Crippen LogP contribution in [0, 0.1) is 6.92 Å². The summed E-state index contributed by atoms with van der Waals surface area (Å²) in [7, 11) is 0. The van der Waals surface area contributed by atoms with Crippen LogP contribution in [0.3, 0.4) is 0 Å². The number of nitrogens with zero attached hydrogens (tertiary/aromatic N) is 1. The topological polar surface area (TPSA) is 49.4 Å². The Balaban J connectivity index is 1.56. The van der Waals surface area contributed by atoms with Crippen LogP contribution in [0.2, 0.25) is 5.02 Å². The average molecular weight is 519 g/mol. The van der Waals surface area contributed by atoms with Gasteiger partial charge in [0.25, 0.3) is 5.91 Å². The van der Waals surface area contributed by atoms with E-state index in [1.165, 1.54) is 5.56 Å². The summed E-state index contributed by atoms with van der Waals surface area (Å²) in [5, 5.41) is 4.14. The monoisotopic (exact) mass is 518 g/mol. The van der Waals surface area contributed by atoms with Crippen LogP contribution in [0.1, 0.15) is 51.8 Å². The van der Waals surface area contributed by atoms with Crippen molar-refractivity contribution in [2.24, 2.45) is 0 Å². The van der Waals surface area contributed by atoms with Gasteiger partial charge in [0.05, 0.1) is 17.4 Å². The van der Waals surface area contributed by atoms with E-state index in [0.717, 1.165) is 28.2 Å². The number of aryl methyl sites for hydroxylation is 1. The quantitative estimate of drug-likeness (QED) is 0.300. The molecule has 0 bridgehead atoms. The highest BCUT2D eigenvalue weighted by Crippen LogP contribution is 2.48. The lowest BCUT2D eigenvalue weighted by molar-refractivity contribution is -0.116. The van der Waals surface area contributed by atoms with Crippen molar-refractivity contribution in [2.75, 3.05) is 10.2 Å². The molecule has 2 aliphatic rings. The normalized spacial score (nSPS) is 18.8. The number of fused-ring (bicyclic) bond motifs is 1. The van der Waals surface area contributed by atoms with Crippen LogP contribution in [0.4, 0.5) is 11.4 Å². The van der Waals surface area contributed by atoms with Crippen LogP contribution in [0.25, 0.3) is 0 Å². The third kappa shape index (κ3) is 4.42. The van der Waals surface area contributed by atoms with E-state index < -0.39 is 6.04 Å². The predicted molar refractivity (Wildman–Crippen MR) is 153 cm³/mol. The Morgan fingerprint density at radius 2 is 1.58 bits per heavy atom. The number of benzene rings is 4. The Hall–Kier alpha value is -4.15. The molecule has 0 fully saturated rings. The minimum atomic E-state index is -0.626. The molecule has 1 N–H and O–H groups in total. The van der Waals surface area contributed by atoms with Gasteiger partial charge in [-0.25, -0.2) is 0 Å². The number of hydrogen-bond acceptors (Lipinski definition) is 3. The van der Waals surface area contributed by atoms with Crippen LogP contribution < -0.4 is 10.2 Å². The highest BCUT2D eigenvalue weighted by Gasteiger charge is 2.41. The first kappa shape index (κ1) is 24.2. The van der Waals surface area contributed by atoms with Gasteiger partial charge in [0.2, 0.25) is 0 Å². The molecule has 188 valence electrons. The largest absolute Gasteiger partial charge is 0.357 e. The van der Waals surface area contributed by atoms with Gasteiger partial charge in [0.1, 0.15) is 0 Å². The van der Waals surface area contributed by atoms with Crippen molar-refractivity contribution in [1.29, 1.82) is 0 Å². The smallest absolute Gasteiger partial charge is 0.259 e. The molecule has 38 heavy (non-hydrogen) atoms. The summed E-state index contributed by atoms with van der Waals surface area (Å²) >= 11 is 6.46. The van der Waals surface area contributed by atoms with Crippen LogP contribution in [-0.4, -0.2) is 11.7 Å². The highest BCUT2D eigenvalue weighted by molar-refractivity contribution is 6.30. The number of nitrogens with one attached hydrogen (secondary N) is 1. The number of ketones is 1. The fourth-order valence-electron chi connectivity index (χ4n) is 5.60. The minimum absolute atomic E-state index is 0.0352. The van der Waals surface area contributed by atoms with Gasteiger partial charge in [-0.05, 0) is 66.8 Å². The van der Waals surface area contributed by atoms with E-state index in [4.69, 9.17) is 11.6 Å². The Kier molecular flexibility index (Phi) is 6.34. The summed E-state index contributed by atoms with van der Waals surface area (Å²) in [6.45, 7) is 2.06. The molecular weight excluding hydrogens is 492 g/mol. The fourth-order valence-corrected chi connectivity index (χ4v) is 5.80. The second-order valence-corrected chi connectivity index (χ2v) is 10.4. The molecule has 0 saturated heterocycles. The van der Waals surface area contributed by atoms with Gasteiger partial charge in [0.15, 0.2) is 5.78 Å². The Morgan fingerprint density at radius 3 is 2.34 bits per heavy atom. The van der Waals surface area contributed by atoms with Crippen LogP contribution >= 0.6 is 11.6 Å². The third-order valence-corrected chi connectivity index (χ3v) is 7.68. The molecule has 1 amide bonds. The molecule has 4 nitrogen and oxygen atoms in total. The van der Waals surface area contributed by atoms with Crippen LogP contribution in [-0.2, 0) is 4.79 Å². The number of amides is 1. The van der Waals surface area contributed by atoms with E-state index in [1.807, 2.05) is 78.9 Å². The molecule has 1 aliphatic carbocycles. The van der Waals surface area contributed by atoms with Crippen molar-refractivity contribution in [3.05, 3.63) is 142 Å². The Bertz CT molecular complexity index is 1560. The number of para-hydroxylation sites is 2. The molecule has 2 atom stereocenters. The number of allylic oxidation sites excluding steroid dienone is 1. The molecule has 1 aliphatic heterocycles. The second-order valence-electron chi connectivity index (χ2n) is 9.97. The van der Waals surface area contributed by atoms with Crippen molar-refractivity contribution in [2.45, 2.75) is 31.7 Å². The SMILES string of the molecule is Cc1ccc([C@H]2CC(=O)C3=C(C2)Nc2ccccc2N(C(=O)c2ccccc2)[C@H]3c2cccc(Cl)c2)cc1. The molecule has 0 unspecified atom stereocenters. The minimum Gasteiger partial charge on any atom is -0.357 e. The zero-order chi connectivity index (χ0) is 26.2. The van der Waals surface area contributed by atoms with Gasteiger partial charge in [0, 0.05) is 28.3 Å². The maximum absolute atomic E-state index is 14.2. The van der Waals surface area contributed by atoms with Crippen molar-refractivity contribution in [3.8, 4) is 0 Å².